The van der Waals surface area contributed by atoms with Gasteiger partial charge < -0.3 is 14.8 Å². The lowest BCUT2D eigenvalue weighted by Crippen LogP contribution is -2.43. The van der Waals surface area contributed by atoms with Gasteiger partial charge in [0.25, 0.3) is 0 Å². The fraction of sp³-hybridized carbons (Fsp3) is 0.857. The lowest BCUT2D eigenvalue weighted by molar-refractivity contribution is -0.168. The van der Waals surface area contributed by atoms with Crippen LogP contribution >= 0.6 is 0 Å². The first-order valence-corrected chi connectivity index (χ1v) is 6.76. The number of carbonyl (C=O) groups is 2. The van der Waals surface area contributed by atoms with E-state index in [9.17, 15) is 9.59 Å². The van der Waals surface area contributed by atoms with Gasteiger partial charge in [0.05, 0.1) is 5.92 Å². The standard InChI is InChI=1S/C14H25NO3/c1-10(9-11(2)16)13(17)18-14(3,4)12-5-7-15-8-6-12/h10,12,15H,5-9H2,1-4H3. The Balaban J connectivity index is 2.52. The van der Waals surface area contributed by atoms with Crippen molar-refractivity contribution in [2.75, 3.05) is 13.1 Å². The number of esters is 1. The van der Waals surface area contributed by atoms with Crippen molar-refractivity contribution in [3.05, 3.63) is 0 Å². The predicted octanol–water partition coefficient (Wildman–Crippen LogP) is 1.92. The number of Topliss-reactive ketones (excluding diaryl/α,β-unsaturated/α-hetero) is 1. The molecular weight excluding hydrogens is 230 g/mol. The molecule has 1 atom stereocenters. The zero-order valence-corrected chi connectivity index (χ0v) is 11.9. The second-order valence-electron chi connectivity index (χ2n) is 5.86. The largest absolute Gasteiger partial charge is 0.459 e. The molecule has 0 bridgehead atoms. The van der Waals surface area contributed by atoms with Gasteiger partial charge in [0.1, 0.15) is 11.4 Å². The average molecular weight is 255 g/mol. The van der Waals surface area contributed by atoms with Crippen LogP contribution in [-0.2, 0) is 14.3 Å². The summed E-state index contributed by atoms with van der Waals surface area (Å²) in [6, 6.07) is 0. The van der Waals surface area contributed by atoms with Crippen LogP contribution in [0.1, 0.15) is 47.0 Å². The Kier molecular flexibility index (Phi) is 5.32. The molecule has 0 radical (unpaired) electrons. The van der Waals surface area contributed by atoms with Crippen LogP contribution in [0.4, 0.5) is 0 Å². The molecule has 0 aromatic carbocycles. The predicted molar refractivity (Wildman–Crippen MR) is 70.2 cm³/mol. The minimum absolute atomic E-state index is 0.0270. The summed E-state index contributed by atoms with van der Waals surface area (Å²) in [7, 11) is 0. The highest BCUT2D eigenvalue weighted by atomic mass is 16.6. The third kappa shape index (κ3) is 4.41. The van der Waals surface area contributed by atoms with Gasteiger partial charge in [0, 0.05) is 12.3 Å². The number of carbonyl (C=O) groups excluding carboxylic acids is 2. The molecule has 0 saturated carbocycles. The van der Waals surface area contributed by atoms with Gasteiger partial charge in [-0.1, -0.05) is 6.92 Å². The molecule has 0 aromatic rings. The van der Waals surface area contributed by atoms with Crippen molar-refractivity contribution >= 4 is 11.8 Å². The SMILES string of the molecule is CC(=O)CC(C)C(=O)OC(C)(C)C1CCNCC1. The van der Waals surface area contributed by atoms with E-state index in [2.05, 4.69) is 5.32 Å². The number of piperidine rings is 1. The first kappa shape index (κ1) is 15.2. The zero-order valence-electron chi connectivity index (χ0n) is 11.9. The Morgan fingerprint density at radius 3 is 2.39 bits per heavy atom. The van der Waals surface area contributed by atoms with Gasteiger partial charge in [-0.25, -0.2) is 0 Å². The fourth-order valence-corrected chi connectivity index (χ4v) is 2.47. The molecule has 104 valence electrons. The van der Waals surface area contributed by atoms with Gasteiger partial charge in [0.15, 0.2) is 0 Å². The molecule has 1 fully saturated rings. The van der Waals surface area contributed by atoms with Gasteiger partial charge in [-0.05, 0) is 46.7 Å². The normalized spacial score (nSPS) is 19.3. The lowest BCUT2D eigenvalue weighted by Gasteiger charge is -2.37. The van der Waals surface area contributed by atoms with Crippen LogP contribution in [0.5, 0.6) is 0 Å². The molecule has 1 unspecified atom stereocenters. The summed E-state index contributed by atoms with van der Waals surface area (Å²) in [5.74, 6) is -0.177. The highest BCUT2D eigenvalue weighted by molar-refractivity contribution is 5.82. The third-order valence-electron chi connectivity index (χ3n) is 3.68. The molecule has 4 nitrogen and oxygen atoms in total. The van der Waals surface area contributed by atoms with E-state index in [1.807, 2.05) is 13.8 Å². The Labute approximate surface area is 109 Å². The number of hydrogen-bond donors (Lipinski definition) is 1. The van der Waals surface area contributed by atoms with Gasteiger partial charge in [-0.2, -0.15) is 0 Å². The van der Waals surface area contributed by atoms with Crippen molar-refractivity contribution in [3.8, 4) is 0 Å². The Morgan fingerprint density at radius 2 is 1.89 bits per heavy atom. The van der Waals surface area contributed by atoms with Crippen LogP contribution in [0.3, 0.4) is 0 Å². The molecular formula is C14H25NO3. The topological polar surface area (TPSA) is 55.4 Å². The average Bonchev–Trinajstić information content (AvgIpc) is 2.28. The molecule has 1 aliphatic rings. The number of hydrogen-bond acceptors (Lipinski definition) is 4. The first-order valence-electron chi connectivity index (χ1n) is 6.76. The maximum absolute atomic E-state index is 11.9. The van der Waals surface area contributed by atoms with Gasteiger partial charge in [0.2, 0.25) is 0 Å². The quantitative estimate of drug-likeness (QED) is 0.763. The summed E-state index contributed by atoms with van der Waals surface area (Å²) >= 11 is 0. The third-order valence-corrected chi connectivity index (χ3v) is 3.68. The number of rotatable bonds is 5. The van der Waals surface area contributed by atoms with Crippen molar-refractivity contribution in [2.45, 2.75) is 52.6 Å². The molecule has 1 rings (SSSR count). The summed E-state index contributed by atoms with van der Waals surface area (Å²) in [5.41, 5.74) is -0.440. The van der Waals surface area contributed by atoms with Gasteiger partial charge in [-0.15, -0.1) is 0 Å². The van der Waals surface area contributed by atoms with Crippen LogP contribution in [-0.4, -0.2) is 30.4 Å². The molecule has 0 spiro atoms. The summed E-state index contributed by atoms with van der Waals surface area (Å²) in [6.07, 6.45) is 2.32. The summed E-state index contributed by atoms with van der Waals surface area (Å²) in [5, 5.41) is 3.30. The van der Waals surface area contributed by atoms with Gasteiger partial charge >= 0.3 is 5.97 Å². The van der Waals surface area contributed by atoms with Crippen molar-refractivity contribution in [3.63, 3.8) is 0 Å². The highest BCUT2D eigenvalue weighted by Gasteiger charge is 2.35. The molecule has 18 heavy (non-hydrogen) atoms. The summed E-state index contributed by atoms with van der Waals surface area (Å²) in [6.45, 7) is 9.16. The molecule has 0 aliphatic carbocycles. The van der Waals surface area contributed by atoms with Crippen molar-refractivity contribution in [1.82, 2.24) is 5.32 Å². The maximum atomic E-state index is 11.9. The first-order chi connectivity index (χ1) is 8.33. The number of ketones is 1. The molecule has 4 heteroatoms. The van der Waals surface area contributed by atoms with E-state index in [0.29, 0.717) is 5.92 Å². The summed E-state index contributed by atoms with van der Waals surface area (Å²) in [4.78, 5) is 23.0. The van der Waals surface area contributed by atoms with Gasteiger partial charge in [-0.3, -0.25) is 4.79 Å². The van der Waals surface area contributed by atoms with Crippen LogP contribution in [0, 0.1) is 11.8 Å². The van der Waals surface area contributed by atoms with Crippen molar-refractivity contribution in [2.24, 2.45) is 11.8 Å². The minimum Gasteiger partial charge on any atom is -0.459 e. The number of ether oxygens (including phenoxy) is 1. The van der Waals surface area contributed by atoms with E-state index in [1.165, 1.54) is 6.92 Å². The van der Waals surface area contributed by atoms with E-state index < -0.39 is 5.60 Å². The monoisotopic (exact) mass is 255 g/mol. The van der Waals surface area contributed by atoms with E-state index in [4.69, 9.17) is 4.74 Å². The molecule has 1 saturated heterocycles. The highest BCUT2D eigenvalue weighted by Crippen LogP contribution is 2.30. The second kappa shape index (κ2) is 6.32. The smallest absolute Gasteiger partial charge is 0.309 e. The molecule has 0 aromatic heterocycles. The molecule has 0 amide bonds. The van der Waals surface area contributed by atoms with E-state index in [-0.39, 0.29) is 24.1 Å². The number of nitrogens with one attached hydrogen (secondary N) is 1. The van der Waals surface area contributed by atoms with E-state index in [1.54, 1.807) is 6.92 Å². The van der Waals surface area contributed by atoms with E-state index in [0.717, 1.165) is 25.9 Å². The van der Waals surface area contributed by atoms with Crippen molar-refractivity contribution < 1.29 is 14.3 Å². The molecule has 1 aliphatic heterocycles. The molecule has 1 N–H and O–H groups in total. The van der Waals surface area contributed by atoms with Crippen LogP contribution in [0.25, 0.3) is 0 Å². The van der Waals surface area contributed by atoms with Crippen LogP contribution < -0.4 is 5.32 Å². The Hall–Kier alpha value is -0.900. The Bertz CT molecular complexity index is 306. The Morgan fingerprint density at radius 1 is 1.33 bits per heavy atom. The summed E-state index contributed by atoms with van der Waals surface area (Å²) < 4.78 is 5.62. The minimum atomic E-state index is -0.440. The second-order valence-corrected chi connectivity index (χ2v) is 5.86. The van der Waals surface area contributed by atoms with Crippen molar-refractivity contribution in [1.29, 1.82) is 0 Å². The molecule has 1 heterocycles. The van der Waals surface area contributed by atoms with Crippen LogP contribution in [0.2, 0.25) is 0 Å². The lowest BCUT2D eigenvalue weighted by atomic mass is 9.83. The van der Waals surface area contributed by atoms with Crippen LogP contribution in [0.15, 0.2) is 0 Å². The zero-order chi connectivity index (χ0) is 13.8. The maximum Gasteiger partial charge on any atom is 0.309 e. The van der Waals surface area contributed by atoms with E-state index >= 15 is 0 Å². The fourth-order valence-electron chi connectivity index (χ4n) is 2.47.